The van der Waals surface area contributed by atoms with Gasteiger partial charge in [0.05, 0.1) is 24.5 Å². The molecule has 0 fully saturated rings. The molecule has 1 aromatic carbocycles. The first kappa shape index (κ1) is 11.7. The molecule has 1 atom stereocenters. The summed E-state index contributed by atoms with van der Waals surface area (Å²) in [5.74, 6) is 0.851. The molecule has 3 rings (SSSR count). The quantitative estimate of drug-likeness (QED) is 0.903. The smallest absolute Gasteiger partial charge is 0.129 e. The fourth-order valence-corrected chi connectivity index (χ4v) is 3.50. The highest BCUT2D eigenvalue weighted by atomic mass is 32.1. The summed E-state index contributed by atoms with van der Waals surface area (Å²) in [5.41, 5.74) is 2.18. The van der Waals surface area contributed by atoms with Crippen LogP contribution in [0.4, 0.5) is 0 Å². The molecule has 3 nitrogen and oxygen atoms in total. The van der Waals surface area contributed by atoms with Gasteiger partial charge < -0.3 is 9.84 Å². The average Bonchev–Trinajstić information content (AvgIpc) is 2.81. The molecule has 1 heterocycles. The van der Waals surface area contributed by atoms with Crippen LogP contribution in [0.3, 0.4) is 0 Å². The molecule has 0 saturated heterocycles. The van der Waals surface area contributed by atoms with Gasteiger partial charge in [-0.25, -0.2) is 4.98 Å². The number of aliphatic hydroxyl groups excluding tert-OH is 1. The lowest BCUT2D eigenvalue weighted by Gasteiger charge is -2.14. The maximum absolute atomic E-state index is 9.69. The predicted molar refractivity (Wildman–Crippen MR) is 72.1 cm³/mol. The standard InChI is InChI=1S/C14H15NO2S/c1-17-12-5-3-2-4-10(12)14-15-11-7-6-9(16)8-13(11)18-14/h2-5,9,16H,6-8H2,1H3. The molecule has 2 aromatic rings. The summed E-state index contributed by atoms with van der Waals surface area (Å²) in [6, 6.07) is 7.93. The van der Waals surface area contributed by atoms with E-state index in [-0.39, 0.29) is 6.10 Å². The van der Waals surface area contributed by atoms with E-state index in [4.69, 9.17) is 9.72 Å². The molecule has 1 unspecified atom stereocenters. The summed E-state index contributed by atoms with van der Waals surface area (Å²) in [6.07, 6.45) is 2.23. The molecule has 94 valence electrons. The van der Waals surface area contributed by atoms with Gasteiger partial charge in [0.25, 0.3) is 0 Å². The average molecular weight is 261 g/mol. The fourth-order valence-electron chi connectivity index (χ4n) is 2.29. The highest BCUT2D eigenvalue weighted by Crippen LogP contribution is 2.36. The molecule has 1 aliphatic rings. The molecule has 1 aliphatic carbocycles. The van der Waals surface area contributed by atoms with Gasteiger partial charge in [-0.05, 0) is 25.0 Å². The maximum Gasteiger partial charge on any atom is 0.129 e. The third-order valence-corrected chi connectivity index (χ3v) is 4.40. The van der Waals surface area contributed by atoms with Crippen LogP contribution >= 0.6 is 11.3 Å². The molecule has 18 heavy (non-hydrogen) atoms. The van der Waals surface area contributed by atoms with Gasteiger partial charge in [0.15, 0.2) is 0 Å². The number of thiazole rings is 1. The highest BCUT2D eigenvalue weighted by Gasteiger charge is 2.22. The molecule has 0 spiro atoms. The molecule has 0 aliphatic heterocycles. The van der Waals surface area contributed by atoms with E-state index < -0.39 is 0 Å². The Morgan fingerprint density at radius 1 is 1.39 bits per heavy atom. The van der Waals surface area contributed by atoms with E-state index in [2.05, 4.69) is 0 Å². The number of aliphatic hydroxyl groups is 1. The van der Waals surface area contributed by atoms with Gasteiger partial charge in [-0.2, -0.15) is 0 Å². The minimum Gasteiger partial charge on any atom is -0.496 e. The van der Waals surface area contributed by atoms with Crippen LogP contribution < -0.4 is 4.74 Å². The van der Waals surface area contributed by atoms with Crippen molar-refractivity contribution in [3.63, 3.8) is 0 Å². The zero-order chi connectivity index (χ0) is 12.5. The van der Waals surface area contributed by atoms with Crippen LogP contribution in [0.25, 0.3) is 10.6 Å². The SMILES string of the molecule is COc1ccccc1-c1nc2c(s1)CC(O)CC2. The third kappa shape index (κ3) is 2.02. The summed E-state index contributed by atoms with van der Waals surface area (Å²) in [6.45, 7) is 0. The number of methoxy groups -OCH3 is 1. The zero-order valence-corrected chi connectivity index (χ0v) is 11.0. The number of aromatic nitrogens is 1. The number of rotatable bonds is 2. The highest BCUT2D eigenvalue weighted by molar-refractivity contribution is 7.15. The van der Waals surface area contributed by atoms with Gasteiger partial charge >= 0.3 is 0 Å². The van der Waals surface area contributed by atoms with Gasteiger partial charge in [-0.15, -0.1) is 11.3 Å². The molecular formula is C14H15NO2S. The van der Waals surface area contributed by atoms with E-state index in [1.807, 2.05) is 24.3 Å². The normalized spacial score (nSPS) is 18.4. The molecule has 1 N–H and O–H groups in total. The van der Waals surface area contributed by atoms with Crippen molar-refractivity contribution in [2.24, 2.45) is 0 Å². The lowest BCUT2D eigenvalue weighted by atomic mass is 10.0. The lowest BCUT2D eigenvalue weighted by molar-refractivity contribution is 0.159. The Kier molecular flexibility index (Phi) is 3.06. The van der Waals surface area contributed by atoms with Crippen molar-refractivity contribution in [1.29, 1.82) is 0 Å². The van der Waals surface area contributed by atoms with Crippen molar-refractivity contribution in [1.82, 2.24) is 4.98 Å². The maximum atomic E-state index is 9.69. The number of hydrogen-bond donors (Lipinski definition) is 1. The van der Waals surface area contributed by atoms with Gasteiger partial charge in [0.1, 0.15) is 10.8 Å². The summed E-state index contributed by atoms with van der Waals surface area (Å²) in [5, 5.41) is 10.7. The summed E-state index contributed by atoms with van der Waals surface area (Å²) in [7, 11) is 1.68. The summed E-state index contributed by atoms with van der Waals surface area (Å²) in [4.78, 5) is 5.91. The van der Waals surface area contributed by atoms with Gasteiger partial charge in [-0.1, -0.05) is 12.1 Å². The van der Waals surface area contributed by atoms with Crippen molar-refractivity contribution in [2.45, 2.75) is 25.4 Å². The van der Waals surface area contributed by atoms with Crippen LogP contribution in [0.5, 0.6) is 5.75 Å². The Hall–Kier alpha value is -1.39. The predicted octanol–water partition coefficient (Wildman–Crippen LogP) is 2.67. The van der Waals surface area contributed by atoms with Crippen molar-refractivity contribution in [3.05, 3.63) is 34.8 Å². The Bertz CT molecular complexity index is 565. The number of para-hydroxylation sites is 1. The Morgan fingerprint density at radius 3 is 3.06 bits per heavy atom. The first-order valence-corrected chi connectivity index (χ1v) is 6.89. The molecule has 0 saturated carbocycles. The number of nitrogens with zero attached hydrogens (tertiary/aromatic N) is 1. The Balaban J connectivity index is 2.02. The van der Waals surface area contributed by atoms with Crippen molar-refractivity contribution >= 4 is 11.3 Å². The molecule has 0 amide bonds. The number of benzene rings is 1. The van der Waals surface area contributed by atoms with Crippen LogP contribution in [-0.2, 0) is 12.8 Å². The van der Waals surface area contributed by atoms with Crippen molar-refractivity contribution in [2.75, 3.05) is 7.11 Å². The molecule has 0 bridgehead atoms. The Labute approximate surface area is 110 Å². The topological polar surface area (TPSA) is 42.4 Å². The zero-order valence-electron chi connectivity index (χ0n) is 10.2. The second kappa shape index (κ2) is 4.71. The van der Waals surface area contributed by atoms with E-state index in [1.54, 1.807) is 18.4 Å². The third-order valence-electron chi connectivity index (χ3n) is 3.25. The molecule has 4 heteroatoms. The van der Waals surface area contributed by atoms with E-state index in [0.717, 1.165) is 41.3 Å². The number of fused-ring (bicyclic) bond motifs is 1. The van der Waals surface area contributed by atoms with E-state index >= 15 is 0 Å². The summed E-state index contributed by atoms with van der Waals surface area (Å²) < 4.78 is 5.37. The van der Waals surface area contributed by atoms with Crippen LogP contribution in [0.15, 0.2) is 24.3 Å². The molecule has 0 radical (unpaired) electrons. The van der Waals surface area contributed by atoms with E-state index in [9.17, 15) is 5.11 Å². The van der Waals surface area contributed by atoms with Crippen LogP contribution in [0, 0.1) is 0 Å². The van der Waals surface area contributed by atoms with E-state index in [0.29, 0.717) is 0 Å². The minimum atomic E-state index is -0.205. The van der Waals surface area contributed by atoms with Gasteiger partial charge in [-0.3, -0.25) is 0 Å². The summed E-state index contributed by atoms with van der Waals surface area (Å²) >= 11 is 1.67. The lowest BCUT2D eigenvalue weighted by Crippen LogP contribution is -2.17. The van der Waals surface area contributed by atoms with Crippen LogP contribution in [0.1, 0.15) is 17.0 Å². The van der Waals surface area contributed by atoms with Crippen molar-refractivity contribution in [3.8, 4) is 16.3 Å². The number of ether oxygens (including phenoxy) is 1. The second-order valence-corrected chi connectivity index (χ2v) is 5.57. The van der Waals surface area contributed by atoms with Crippen molar-refractivity contribution < 1.29 is 9.84 Å². The number of hydrogen-bond acceptors (Lipinski definition) is 4. The van der Waals surface area contributed by atoms with Gasteiger partial charge in [0, 0.05) is 11.3 Å². The first-order valence-electron chi connectivity index (χ1n) is 6.08. The van der Waals surface area contributed by atoms with E-state index in [1.165, 1.54) is 4.88 Å². The van der Waals surface area contributed by atoms with Crippen LogP contribution in [0.2, 0.25) is 0 Å². The monoisotopic (exact) mass is 261 g/mol. The number of aryl methyl sites for hydroxylation is 1. The molecular weight excluding hydrogens is 246 g/mol. The minimum absolute atomic E-state index is 0.205. The van der Waals surface area contributed by atoms with Crippen LogP contribution in [-0.4, -0.2) is 23.3 Å². The Morgan fingerprint density at radius 2 is 2.22 bits per heavy atom. The second-order valence-electron chi connectivity index (χ2n) is 4.49. The van der Waals surface area contributed by atoms with Gasteiger partial charge in [0.2, 0.25) is 0 Å². The fraction of sp³-hybridized carbons (Fsp3) is 0.357. The first-order chi connectivity index (χ1) is 8.78. The largest absolute Gasteiger partial charge is 0.496 e. The molecule has 1 aromatic heterocycles.